The van der Waals surface area contributed by atoms with E-state index in [2.05, 4.69) is 0 Å². The molecule has 2 unspecified atom stereocenters. The molecular formula is C26H24FNO5. The number of furan rings is 1. The number of nitrogens with zero attached hydrogens (tertiary/aromatic N) is 1. The molecule has 1 aromatic heterocycles. The van der Waals surface area contributed by atoms with Gasteiger partial charge in [0, 0.05) is 22.7 Å². The van der Waals surface area contributed by atoms with Crippen molar-refractivity contribution < 1.29 is 27.9 Å². The largest absolute Gasteiger partial charge is 0.496 e. The van der Waals surface area contributed by atoms with E-state index in [0.29, 0.717) is 11.4 Å². The average molecular weight is 449 g/mol. The predicted molar refractivity (Wildman–Crippen MR) is 120 cm³/mol. The normalized spacial score (nSPS) is 18.3. The van der Waals surface area contributed by atoms with E-state index in [-0.39, 0.29) is 17.1 Å². The first-order valence-electron chi connectivity index (χ1n) is 10.6. The molecule has 4 rings (SSSR count). The van der Waals surface area contributed by atoms with E-state index in [4.69, 9.17) is 9.15 Å². The van der Waals surface area contributed by atoms with Gasteiger partial charge >= 0.3 is 0 Å². The summed E-state index contributed by atoms with van der Waals surface area (Å²) < 4.78 is 25.3. The molecular weight excluding hydrogens is 425 g/mol. The topological polar surface area (TPSA) is 76.8 Å². The molecule has 2 heterocycles. The maximum Gasteiger partial charge on any atom is 0.295 e. The fourth-order valence-electron chi connectivity index (χ4n) is 4.22. The molecule has 1 aliphatic rings. The molecule has 0 bridgehead atoms. The first-order valence-corrected chi connectivity index (χ1v) is 10.6. The molecule has 1 fully saturated rings. The van der Waals surface area contributed by atoms with Crippen LogP contribution in [0.3, 0.4) is 0 Å². The maximum absolute atomic E-state index is 14.3. The van der Waals surface area contributed by atoms with E-state index < -0.39 is 35.4 Å². The molecule has 7 heteroatoms. The first kappa shape index (κ1) is 22.5. The van der Waals surface area contributed by atoms with Crippen molar-refractivity contribution in [3.8, 4) is 17.1 Å². The molecule has 33 heavy (non-hydrogen) atoms. The Hall–Kier alpha value is -3.74. The van der Waals surface area contributed by atoms with Crippen LogP contribution in [-0.2, 0) is 14.4 Å². The van der Waals surface area contributed by atoms with Crippen LogP contribution in [0.1, 0.15) is 31.2 Å². The second kappa shape index (κ2) is 8.65. The van der Waals surface area contributed by atoms with Crippen LogP contribution in [0.25, 0.3) is 11.3 Å². The van der Waals surface area contributed by atoms with E-state index in [9.17, 15) is 18.8 Å². The Morgan fingerprint density at radius 2 is 1.76 bits per heavy atom. The fourth-order valence-corrected chi connectivity index (χ4v) is 4.22. The molecule has 0 saturated carbocycles. The highest BCUT2D eigenvalue weighted by atomic mass is 19.1. The Bertz CT molecular complexity index is 1230. The van der Waals surface area contributed by atoms with Gasteiger partial charge in [0.2, 0.25) is 5.78 Å². The zero-order chi connectivity index (χ0) is 23.9. The summed E-state index contributed by atoms with van der Waals surface area (Å²) in [6.07, 6.45) is 0. The zero-order valence-corrected chi connectivity index (χ0v) is 18.8. The molecule has 0 aliphatic carbocycles. The first-order chi connectivity index (χ1) is 15.7. The number of methoxy groups -OCH3 is 1. The van der Waals surface area contributed by atoms with Crippen LogP contribution in [-0.4, -0.2) is 24.6 Å². The van der Waals surface area contributed by atoms with Gasteiger partial charge in [-0.2, -0.15) is 0 Å². The summed E-state index contributed by atoms with van der Waals surface area (Å²) >= 11 is 0. The lowest BCUT2D eigenvalue weighted by molar-refractivity contribution is -0.139. The molecule has 2 atom stereocenters. The molecule has 2 aromatic carbocycles. The van der Waals surface area contributed by atoms with Crippen LogP contribution in [0, 0.1) is 24.6 Å². The van der Waals surface area contributed by atoms with Crippen LogP contribution in [0.4, 0.5) is 10.1 Å². The van der Waals surface area contributed by atoms with E-state index in [1.807, 2.05) is 19.1 Å². The van der Waals surface area contributed by atoms with Gasteiger partial charge in [-0.1, -0.05) is 13.8 Å². The fraction of sp³-hybridized carbons (Fsp3) is 0.269. The Kier molecular flexibility index (Phi) is 5.89. The number of rotatable bonds is 6. The lowest BCUT2D eigenvalue weighted by Crippen LogP contribution is -2.32. The van der Waals surface area contributed by atoms with Crippen LogP contribution in [0.15, 0.2) is 59.0 Å². The van der Waals surface area contributed by atoms with Crippen molar-refractivity contribution in [2.45, 2.75) is 26.8 Å². The minimum Gasteiger partial charge on any atom is -0.496 e. The van der Waals surface area contributed by atoms with Crippen molar-refractivity contribution in [3.05, 3.63) is 71.7 Å². The minimum absolute atomic E-state index is 0.265. The van der Waals surface area contributed by atoms with Crippen molar-refractivity contribution in [3.63, 3.8) is 0 Å². The Labute approximate surface area is 191 Å². The van der Waals surface area contributed by atoms with E-state index in [1.54, 1.807) is 38.1 Å². The highest BCUT2D eigenvalue weighted by Crippen LogP contribution is 2.44. The summed E-state index contributed by atoms with van der Waals surface area (Å²) in [5.41, 5.74) is 1.47. The second-order valence-corrected chi connectivity index (χ2v) is 8.36. The zero-order valence-electron chi connectivity index (χ0n) is 18.8. The summed E-state index contributed by atoms with van der Waals surface area (Å²) in [4.78, 5) is 40.5. The molecule has 1 aliphatic heterocycles. The van der Waals surface area contributed by atoms with Gasteiger partial charge in [-0.15, -0.1) is 0 Å². The summed E-state index contributed by atoms with van der Waals surface area (Å²) in [7, 11) is 1.42. The number of Topliss-reactive ketones (excluding diaryl/α,β-unsaturated/α-hetero) is 2. The SMILES string of the molecule is COc1ccc(F)cc1C1C(C(=O)C(C)C)C(=O)C(=O)N1c1ccc(-c2ccc(C)o2)cc1. The number of ether oxygens (including phenoxy) is 1. The number of aryl methyl sites for hydroxylation is 1. The number of anilines is 1. The van der Waals surface area contributed by atoms with Gasteiger partial charge in [0.15, 0.2) is 0 Å². The minimum atomic E-state index is -1.26. The van der Waals surface area contributed by atoms with Crippen molar-refractivity contribution >= 4 is 23.2 Å². The second-order valence-electron chi connectivity index (χ2n) is 8.36. The molecule has 3 aromatic rings. The highest BCUT2D eigenvalue weighted by molar-refractivity contribution is 6.48. The van der Waals surface area contributed by atoms with E-state index in [0.717, 1.165) is 11.3 Å². The monoisotopic (exact) mass is 449 g/mol. The molecule has 1 amide bonds. The third-order valence-electron chi connectivity index (χ3n) is 5.86. The van der Waals surface area contributed by atoms with Crippen LogP contribution >= 0.6 is 0 Å². The number of carbonyl (C=O) groups excluding carboxylic acids is 3. The quantitative estimate of drug-likeness (QED) is 0.395. The van der Waals surface area contributed by atoms with Gasteiger partial charge in [-0.3, -0.25) is 19.3 Å². The van der Waals surface area contributed by atoms with Crippen molar-refractivity contribution in [2.24, 2.45) is 11.8 Å². The lowest BCUT2D eigenvalue weighted by Gasteiger charge is -2.29. The number of hydrogen-bond acceptors (Lipinski definition) is 5. The summed E-state index contributed by atoms with van der Waals surface area (Å²) in [6.45, 7) is 5.18. The average Bonchev–Trinajstić information content (AvgIpc) is 3.34. The Morgan fingerprint density at radius 3 is 2.33 bits per heavy atom. The van der Waals surface area contributed by atoms with Crippen molar-refractivity contribution in [2.75, 3.05) is 12.0 Å². The predicted octanol–water partition coefficient (Wildman–Crippen LogP) is 4.90. The number of ketones is 2. The molecule has 0 N–H and O–H groups in total. The summed E-state index contributed by atoms with van der Waals surface area (Å²) in [5.74, 6) is -2.59. The third-order valence-corrected chi connectivity index (χ3v) is 5.86. The smallest absolute Gasteiger partial charge is 0.295 e. The maximum atomic E-state index is 14.3. The standard InChI is InChI=1S/C26H24FNO5/c1-14(2)24(29)22-23(19-13-17(27)8-12-21(19)32-4)28(26(31)25(22)30)18-9-6-16(7-10-18)20-11-5-15(3)33-20/h5-14,22-23H,1-4H3. The summed E-state index contributed by atoms with van der Waals surface area (Å²) in [5, 5.41) is 0. The van der Waals surface area contributed by atoms with Crippen molar-refractivity contribution in [1.82, 2.24) is 0 Å². The highest BCUT2D eigenvalue weighted by Gasteiger charge is 2.53. The summed E-state index contributed by atoms with van der Waals surface area (Å²) in [6, 6.07) is 13.4. The Morgan fingerprint density at radius 1 is 1.06 bits per heavy atom. The van der Waals surface area contributed by atoms with E-state index in [1.165, 1.54) is 30.2 Å². The number of halogens is 1. The number of hydrogen-bond donors (Lipinski definition) is 0. The molecule has 0 spiro atoms. The molecule has 6 nitrogen and oxygen atoms in total. The molecule has 170 valence electrons. The van der Waals surface area contributed by atoms with Crippen molar-refractivity contribution in [1.29, 1.82) is 0 Å². The third kappa shape index (κ3) is 3.95. The Balaban J connectivity index is 1.84. The number of amides is 1. The number of benzene rings is 2. The van der Waals surface area contributed by atoms with Gasteiger partial charge in [-0.25, -0.2) is 4.39 Å². The molecule has 0 radical (unpaired) electrons. The van der Waals surface area contributed by atoms with Gasteiger partial charge in [-0.05, 0) is 61.5 Å². The molecule has 1 saturated heterocycles. The number of carbonyl (C=O) groups is 3. The van der Waals surface area contributed by atoms with Gasteiger partial charge in [0.25, 0.3) is 5.91 Å². The van der Waals surface area contributed by atoms with Crippen LogP contribution in [0.2, 0.25) is 0 Å². The van der Waals surface area contributed by atoms with E-state index >= 15 is 0 Å². The van der Waals surface area contributed by atoms with Gasteiger partial charge in [0.1, 0.15) is 34.8 Å². The van der Waals surface area contributed by atoms with Crippen LogP contribution < -0.4 is 9.64 Å². The van der Waals surface area contributed by atoms with Crippen LogP contribution in [0.5, 0.6) is 5.75 Å². The lowest BCUT2D eigenvalue weighted by atomic mass is 9.84. The van der Waals surface area contributed by atoms with Gasteiger partial charge < -0.3 is 9.15 Å². The van der Waals surface area contributed by atoms with Gasteiger partial charge in [0.05, 0.1) is 13.2 Å².